The van der Waals surface area contributed by atoms with Gasteiger partial charge in [-0.2, -0.15) is 0 Å². The van der Waals surface area contributed by atoms with Crippen molar-refractivity contribution >= 4 is 127 Å². The van der Waals surface area contributed by atoms with Crippen LogP contribution in [-0.2, 0) is 24.2 Å². The number of halogens is 1. The van der Waals surface area contributed by atoms with E-state index < -0.39 is 54.2 Å². The predicted molar refractivity (Wildman–Crippen MR) is 316 cm³/mol. The molecule has 30 heteroatoms. The minimum atomic E-state index is -3.67. The molecule has 0 radical (unpaired) electrons. The molecule has 0 saturated heterocycles. The summed E-state index contributed by atoms with van der Waals surface area (Å²) in [7, 11) is -3.67. The van der Waals surface area contributed by atoms with E-state index in [9.17, 15) is 37.2 Å². The lowest BCUT2D eigenvalue weighted by molar-refractivity contribution is -0.120. The first-order valence-electron chi connectivity index (χ1n) is 30.2. The summed E-state index contributed by atoms with van der Waals surface area (Å²) in [4.78, 5) is 86.2. The minimum Gasteiger partial charge on any atom is -0.369 e. The fraction of sp³-hybridized carbons (Fsp3) is 0.389. The topological polar surface area (TPSA) is 375 Å². The van der Waals surface area contributed by atoms with Crippen LogP contribution in [-0.4, -0.2) is 129 Å². The van der Waals surface area contributed by atoms with Gasteiger partial charge >= 0.3 is 0 Å². The van der Waals surface area contributed by atoms with Crippen LogP contribution in [0.1, 0.15) is 102 Å². The van der Waals surface area contributed by atoms with E-state index in [1.54, 1.807) is 29.8 Å². The predicted octanol–water partition coefficient (Wildman–Crippen LogP) is 6.17. The molecule has 0 aromatic carbocycles. The maximum absolute atomic E-state index is 12.5. The summed E-state index contributed by atoms with van der Waals surface area (Å²) >= 11 is 8.72. The van der Waals surface area contributed by atoms with Crippen molar-refractivity contribution in [1.82, 2.24) is 61.5 Å². The molecule has 440 valence electrons. The van der Waals surface area contributed by atoms with Gasteiger partial charge in [0.15, 0.2) is 43.7 Å². The molecule has 6 fully saturated rings. The van der Waals surface area contributed by atoms with Crippen molar-refractivity contribution in [2.45, 2.75) is 72.5 Å². The van der Waals surface area contributed by atoms with Crippen molar-refractivity contribution in [1.29, 1.82) is 0 Å². The fourth-order valence-electron chi connectivity index (χ4n) is 9.46. The SMILES string of the molecule is NC(=O)C1CC12CC2.[2H]C([2H])([2H])NC(=O)c1nnc(Cl)cc1Nc1ncccc1SC.[2H]C([2H])([2H])NC(=O)c1nnc(NC(=O)C2CC23CC3)cc1Nc1ncccc1S(C)(=O)=O.[2H]C([2H])([2H])NC(=O)c1nnc(NC(=O)C2CC23CC3)cc1Nc1ncccc1SC. The standard InChI is InChI=1S/C18H20N6O4S.C18H20N6O2S.C12H12ClN5OS.C6H9NO/c1-19-17(26)14-11(21-15-12(29(2,27)28)4-3-7-20-15)8-13(23-24-14)22-16(25)10-9-18(10)5-6-18;1-19-17(26)14-11(21-15-12(27-2)4-3-7-20-15)8-13(23-24-14)22-16(25)10-9-18(10)5-6-18;1-14-12(19)10-7(6-9(13)17-18-10)16-11-8(20-2)4-3-5-15-11;7-5(8)4-3-6(4)1-2-6/h3-4,7-8,10H,5-6,9H2,1-2H3,(H,19,26)(H2,20,21,22,23,25);3-4,7-8,10H,5-6,9H2,1-2H3,(H,19,26)(H2,20,21,22,23,25);3-6H,1-2H3,(H,14,19)(H,15,16,17);4H,1-3H2,(H2,7,8)/i3*1D3;. The Morgan fingerprint density at radius 3 is 1.32 bits per heavy atom. The lowest BCUT2D eigenvalue weighted by atomic mass is 10.2. The highest BCUT2D eigenvalue weighted by Crippen LogP contribution is 2.72. The lowest BCUT2D eigenvalue weighted by Gasteiger charge is -2.13. The highest BCUT2D eigenvalue weighted by atomic mass is 35.5. The second-order valence-corrected chi connectivity index (χ2v) is 24.7. The first-order valence-corrected chi connectivity index (χ1v) is 30.5. The lowest BCUT2D eigenvalue weighted by Crippen LogP contribution is -2.23. The molecule has 6 aliphatic carbocycles. The molecule has 6 aliphatic rings. The van der Waals surface area contributed by atoms with Crippen LogP contribution >= 0.6 is 35.1 Å². The number of pyridine rings is 3. The number of amides is 6. The molecule has 3 spiro atoms. The number of anilines is 8. The van der Waals surface area contributed by atoms with E-state index in [-0.39, 0.29) is 102 Å². The maximum atomic E-state index is 12.5. The average molecular weight is 1230 g/mol. The van der Waals surface area contributed by atoms with Gasteiger partial charge in [-0.3, -0.25) is 28.8 Å². The molecule has 6 heterocycles. The second kappa shape index (κ2) is 25.0. The van der Waals surface area contributed by atoms with E-state index in [0.29, 0.717) is 17.1 Å². The minimum absolute atomic E-state index is 0.00636. The normalized spacial score (nSPS) is 20.5. The number of sulfone groups is 1. The molecule has 12 rings (SSSR count). The number of nitrogens with zero attached hydrogens (tertiary/aromatic N) is 9. The van der Waals surface area contributed by atoms with Crippen molar-refractivity contribution < 1.29 is 49.5 Å². The number of rotatable bonds is 17. The van der Waals surface area contributed by atoms with Crippen LogP contribution in [0.15, 0.2) is 87.9 Å². The van der Waals surface area contributed by atoms with Gasteiger partial charge in [0, 0.05) is 104 Å². The molecule has 6 amide bonds. The van der Waals surface area contributed by atoms with Crippen LogP contribution in [0.2, 0.25) is 5.15 Å². The Hall–Kier alpha value is -8.15. The van der Waals surface area contributed by atoms with Gasteiger partial charge in [-0.25, -0.2) is 23.4 Å². The number of carbonyl (C=O) groups is 6. The molecule has 6 saturated carbocycles. The molecule has 6 aromatic heterocycles. The average Bonchev–Trinajstić information content (AvgIpc) is 1.56. The van der Waals surface area contributed by atoms with Crippen LogP contribution in [0.25, 0.3) is 0 Å². The Labute approximate surface area is 509 Å². The number of nitrogens with one attached hydrogen (secondary N) is 8. The Morgan fingerprint density at radius 1 is 0.571 bits per heavy atom. The molecule has 0 bridgehead atoms. The molecule has 3 atom stereocenters. The van der Waals surface area contributed by atoms with Crippen LogP contribution < -0.4 is 48.3 Å². The number of nitrogens with two attached hydrogens (primary N) is 1. The molecular weight excluding hydrogens is 1160 g/mol. The zero-order valence-electron chi connectivity index (χ0n) is 54.0. The summed E-state index contributed by atoms with van der Waals surface area (Å²) in [6.45, 7) is -8.09. The Kier molecular flexibility index (Phi) is 14.7. The van der Waals surface area contributed by atoms with Gasteiger partial charge in [0.05, 0.1) is 17.1 Å². The second-order valence-electron chi connectivity index (χ2n) is 20.6. The molecule has 3 unspecified atom stereocenters. The van der Waals surface area contributed by atoms with Crippen LogP contribution in [0.4, 0.5) is 46.2 Å². The molecule has 10 N–H and O–H groups in total. The van der Waals surface area contributed by atoms with Gasteiger partial charge in [-0.1, -0.05) is 11.6 Å². The third-order valence-electron chi connectivity index (χ3n) is 15.0. The summed E-state index contributed by atoms with van der Waals surface area (Å²) < 4.78 is 89.0. The first kappa shape index (κ1) is 49.3. The van der Waals surface area contributed by atoms with Crippen LogP contribution in [0.3, 0.4) is 0 Å². The zero-order valence-corrected chi connectivity index (χ0v) is 48.2. The number of primary amides is 1. The summed E-state index contributed by atoms with van der Waals surface area (Å²) in [5.41, 5.74) is 5.36. The zero-order chi connectivity index (χ0) is 67.6. The van der Waals surface area contributed by atoms with Crippen LogP contribution in [0.5, 0.6) is 0 Å². The highest BCUT2D eigenvalue weighted by Gasteiger charge is 2.67. The van der Waals surface area contributed by atoms with Gasteiger partial charge < -0.3 is 48.3 Å². The fourth-order valence-corrected chi connectivity index (χ4v) is 11.4. The van der Waals surface area contributed by atoms with E-state index in [1.165, 1.54) is 72.9 Å². The van der Waals surface area contributed by atoms with E-state index >= 15 is 0 Å². The van der Waals surface area contributed by atoms with Gasteiger partial charge in [-0.05, 0) is 123 Å². The van der Waals surface area contributed by atoms with Crippen LogP contribution in [0, 0.1) is 34.0 Å². The number of thioether (sulfide) groups is 2. The van der Waals surface area contributed by atoms with Crippen molar-refractivity contribution in [3.63, 3.8) is 0 Å². The van der Waals surface area contributed by atoms with Crippen molar-refractivity contribution in [3.8, 4) is 0 Å². The van der Waals surface area contributed by atoms with Gasteiger partial charge in [0.1, 0.15) is 22.3 Å². The molecule has 6 aromatic rings. The number of hydrogen-bond donors (Lipinski definition) is 9. The molecular formula is C54H61ClN18O8S3. The number of hydrogen-bond acceptors (Lipinski definition) is 22. The Bertz CT molecular complexity index is 4030. The molecule has 84 heavy (non-hydrogen) atoms. The van der Waals surface area contributed by atoms with E-state index in [2.05, 4.69) is 72.1 Å². The monoisotopic (exact) mass is 1230 g/mol. The van der Waals surface area contributed by atoms with Crippen molar-refractivity contribution in [3.05, 3.63) is 95.4 Å². The number of aromatic nitrogens is 9. The summed E-state index contributed by atoms with van der Waals surface area (Å²) in [6, 6.07) is 14.1. The summed E-state index contributed by atoms with van der Waals surface area (Å²) in [6.07, 6.45) is 18.8. The highest BCUT2D eigenvalue weighted by molar-refractivity contribution is 7.99. The third-order valence-corrected chi connectivity index (χ3v) is 17.8. The largest absolute Gasteiger partial charge is 0.369 e. The smallest absolute Gasteiger partial charge is 0.273 e. The van der Waals surface area contributed by atoms with Gasteiger partial charge in [0.2, 0.25) is 17.7 Å². The third kappa shape index (κ3) is 14.2. The van der Waals surface area contributed by atoms with E-state index in [0.717, 1.165) is 61.0 Å². The van der Waals surface area contributed by atoms with Gasteiger partial charge in [0.25, 0.3) is 17.7 Å². The quantitative estimate of drug-likeness (QED) is 0.0461. The van der Waals surface area contributed by atoms with E-state index in [1.807, 2.05) is 35.3 Å². The molecule has 0 aliphatic heterocycles. The maximum Gasteiger partial charge on any atom is 0.273 e. The number of carbonyl (C=O) groups excluding carboxylic acids is 6. The Morgan fingerprint density at radius 2 is 0.952 bits per heavy atom. The molecule has 26 nitrogen and oxygen atoms in total. The van der Waals surface area contributed by atoms with Gasteiger partial charge in [-0.15, -0.1) is 54.1 Å². The van der Waals surface area contributed by atoms with E-state index in [4.69, 9.17) is 29.7 Å². The van der Waals surface area contributed by atoms with Crippen molar-refractivity contribution in [2.75, 3.05) is 66.3 Å². The summed E-state index contributed by atoms with van der Waals surface area (Å²) in [5.74, 6) is -2.03. The summed E-state index contributed by atoms with van der Waals surface area (Å²) in [5, 5.41) is 42.3. The van der Waals surface area contributed by atoms with Crippen molar-refractivity contribution in [2.24, 2.45) is 39.7 Å². The Balaban J connectivity index is 0.000000156. The first-order chi connectivity index (χ1) is 43.6.